The summed E-state index contributed by atoms with van der Waals surface area (Å²) in [6.07, 6.45) is -4.54. The van der Waals surface area contributed by atoms with Gasteiger partial charge < -0.3 is 19.4 Å². The van der Waals surface area contributed by atoms with Gasteiger partial charge in [0.15, 0.2) is 0 Å². The lowest BCUT2D eigenvalue weighted by molar-refractivity contribution is -0.137. The molecule has 0 radical (unpaired) electrons. The molecular formula is C22H25BF3NO4. The number of ether oxygens (including phenoxy) is 1. The molecular weight excluding hydrogens is 410 g/mol. The van der Waals surface area contributed by atoms with Gasteiger partial charge in [-0.15, -0.1) is 0 Å². The highest BCUT2D eigenvalue weighted by atomic mass is 19.4. The van der Waals surface area contributed by atoms with Crippen molar-refractivity contribution in [2.45, 2.75) is 52.0 Å². The lowest BCUT2D eigenvalue weighted by Crippen LogP contribution is -2.41. The van der Waals surface area contributed by atoms with Gasteiger partial charge in [-0.1, -0.05) is 11.6 Å². The maximum absolute atomic E-state index is 13.1. The number of alkyl halides is 3. The third kappa shape index (κ3) is 4.57. The first-order valence-corrected chi connectivity index (χ1v) is 9.78. The van der Waals surface area contributed by atoms with Crippen molar-refractivity contribution >= 4 is 24.2 Å². The van der Waals surface area contributed by atoms with E-state index in [1.54, 1.807) is 18.2 Å². The average Bonchev–Trinajstić information content (AvgIpc) is 2.88. The number of hydrogen-bond acceptors (Lipinski definition) is 4. The fraction of sp³-hybridized carbons (Fsp3) is 0.409. The van der Waals surface area contributed by atoms with Crippen LogP contribution in [-0.2, 0) is 15.5 Å². The van der Waals surface area contributed by atoms with Gasteiger partial charge in [0.25, 0.3) is 5.91 Å². The van der Waals surface area contributed by atoms with Gasteiger partial charge in [-0.25, -0.2) is 0 Å². The number of hydrogen-bond donors (Lipinski definition) is 1. The summed E-state index contributed by atoms with van der Waals surface area (Å²) in [6, 6.07) is 7.89. The van der Waals surface area contributed by atoms with Gasteiger partial charge in [-0.05, 0) is 70.4 Å². The number of amides is 1. The first-order chi connectivity index (χ1) is 14.2. The van der Waals surface area contributed by atoms with Gasteiger partial charge in [-0.3, -0.25) is 4.79 Å². The highest BCUT2D eigenvalue weighted by Crippen LogP contribution is 2.37. The van der Waals surface area contributed by atoms with E-state index < -0.39 is 36.0 Å². The Morgan fingerprint density at radius 2 is 1.65 bits per heavy atom. The molecule has 0 aromatic heterocycles. The standard InChI is InChI=1S/C22H25BF3NO4/c1-13-7-8-14(11-16(13)23-30-20(2,3)21(4,5)31-23)19(28)27-17-12-15(22(24,25)26)9-10-18(17)29-6/h7-12H,1-6H3,(H,27,28). The number of nitrogens with one attached hydrogen (secondary N) is 1. The van der Waals surface area contributed by atoms with E-state index in [2.05, 4.69) is 5.32 Å². The molecule has 0 aliphatic carbocycles. The number of aryl methyl sites for hydroxylation is 1. The normalized spacial score (nSPS) is 17.5. The molecule has 31 heavy (non-hydrogen) atoms. The zero-order valence-corrected chi connectivity index (χ0v) is 18.3. The van der Waals surface area contributed by atoms with Crippen molar-refractivity contribution in [2.75, 3.05) is 12.4 Å². The van der Waals surface area contributed by atoms with Crippen LogP contribution in [0.1, 0.15) is 49.2 Å². The second-order valence-corrected chi connectivity index (χ2v) is 8.53. The first kappa shape index (κ1) is 23.2. The Bertz CT molecular complexity index is 989. The molecule has 0 saturated carbocycles. The van der Waals surface area contributed by atoms with Crippen molar-refractivity contribution in [1.82, 2.24) is 0 Å². The largest absolute Gasteiger partial charge is 0.495 e. The van der Waals surface area contributed by atoms with Crippen LogP contribution in [0.25, 0.3) is 0 Å². The van der Waals surface area contributed by atoms with E-state index in [4.69, 9.17) is 14.0 Å². The summed E-state index contributed by atoms with van der Waals surface area (Å²) in [6.45, 7) is 9.59. The van der Waals surface area contributed by atoms with Crippen LogP contribution in [0.2, 0.25) is 0 Å². The second kappa shape index (κ2) is 7.87. The predicted molar refractivity (Wildman–Crippen MR) is 113 cm³/mol. The lowest BCUT2D eigenvalue weighted by Gasteiger charge is -2.32. The van der Waals surface area contributed by atoms with Crippen molar-refractivity contribution in [3.05, 3.63) is 53.1 Å². The molecule has 1 heterocycles. The Morgan fingerprint density at radius 3 is 2.19 bits per heavy atom. The van der Waals surface area contributed by atoms with Crippen LogP contribution in [-0.4, -0.2) is 31.3 Å². The maximum Gasteiger partial charge on any atom is 0.495 e. The summed E-state index contributed by atoms with van der Waals surface area (Å²) in [4.78, 5) is 12.8. The van der Waals surface area contributed by atoms with Crippen molar-refractivity contribution in [3.63, 3.8) is 0 Å². The van der Waals surface area contributed by atoms with Gasteiger partial charge in [0.2, 0.25) is 0 Å². The second-order valence-electron chi connectivity index (χ2n) is 8.53. The van der Waals surface area contributed by atoms with E-state index in [0.717, 1.165) is 17.7 Å². The molecule has 1 aliphatic heterocycles. The van der Waals surface area contributed by atoms with Crippen LogP contribution >= 0.6 is 0 Å². The Hall–Kier alpha value is -2.52. The van der Waals surface area contributed by atoms with Crippen LogP contribution < -0.4 is 15.5 Å². The van der Waals surface area contributed by atoms with Crippen LogP contribution in [0, 0.1) is 6.92 Å². The smallest absolute Gasteiger partial charge is 0.495 e. The number of anilines is 1. The summed E-state index contributed by atoms with van der Waals surface area (Å²) < 4.78 is 56.5. The predicted octanol–water partition coefficient (Wildman–Crippen LogP) is 4.57. The summed E-state index contributed by atoms with van der Waals surface area (Å²) in [7, 11) is 0.654. The number of halogens is 3. The number of carbonyl (C=O) groups excluding carboxylic acids is 1. The first-order valence-electron chi connectivity index (χ1n) is 9.78. The molecule has 2 aromatic rings. The molecule has 166 valence electrons. The monoisotopic (exact) mass is 435 g/mol. The Balaban J connectivity index is 1.90. The average molecular weight is 435 g/mol. The number of carbonyl (C=O) groups is 1. The third-order valence-corrected chi connectivity index (χ3v) is 5.82. The zero-order valence-electron chi connectivity index (χ0n) is 18.3. The fourth-order valence-corrected chi connectivity index (χ4v) is 3.18. The van der Waals surface area contributed by atoms with Gasteiger partial charge in [0.1, 0.15) is 5.75 Å². The maximum atomic E-state index is 13.1. The minimum Gasteiger partial charge on any atom is -0.495 e. The third-order valence-electron chi connectivity index (χ3n) is 5.82. The highest BCUT2D eigenvalue weighted by molar-refractivity contribution is 6.62. The minimum atomic E-state index is -4.54. The van der Waals surface area contributed by atoms with E-state index in [1.165, 1.54) is 13.2 Å². The lowest BCUT2D eigenvalue weighted by atomic mass is 9.75. The van der Waals surface area contributed by atoms with Gasteiger partial charge in [0.05, 0.1) is 29.6 Å². The molecule has 0 atom stereocenters. The minimum absolute atomic E-state index is 0.0694. The van der Waals surface area contributed by atoms with E-state index in [0.29, 0.717) is 5.46 Å². The fourth-order valence-electron chi connectivity index (χ4n) is 3.18. The van der Waals surface area contributed by atoms with E-state index in [-0.39, 0.29) is 17.0 Å². The molecule has 1 N–H and O–H groups in total. The van der Waals surface area contributed by atoms with Crippen LogP contribution in [0.3, 0.4) is 0 Å². The van der Waals surface area contributed by atoms with Crippen molar-refractivity contribution in [2.24, 2.45) is 0 Å². The molecule has 1 saturated heterocycles. The Kier molecular flexibility index (Phi) is 5.88. The van der Waals surface area contributed by atoms with Crippen LogP contribution in [0.15, 0.2) is 36.4 Å². The number of rotatable bonds is 4. The Labute approximate surface area is 180 Å². The molecule has 0 unspecified atom stereocenters. The molecule has 1 amide bonds. The van der Waals surface area contributed by atoms with Gasteiger partial charge in [-0.2, -0.15) is 13.2 Å². The molecule has 0 bridgehead atoms. The summed E-state index contributed by atoms with van der Waals surface area (Å²) in [5.41, 5.74) is -0.240. The van der Waals surface area contributed by atoms with Crippen LogP contribution in [0.4, 0.5) is 18.9 Å². The van der Waals surface area contributed by atoms with E-state index in [9.17, 15) is 18.0 Å². The van der Waals surface area contributed by atoms with Crippen molar-refractivity contribution in [1.29, 1.82) is 0 Å². The topological polar surface area (TPSA) is 56.8 Å². The zero-order chi connectivity index (χ0) is 23.2. The van der Waals surface area contributed by atoms with Gasteiger partial charge >= 0.3 is 13.3 Å². The molecule has 1 aliphatic rings. The van der Waals surface area contributed by atoms with E-state index in [1.807, 2.05) is 34.6 Å². The molecule has 3 rings (SSSR count). The van der Waals surface area contributed by atoms with E-state index >= 15 is 0 Å². The number of methoxy groups -OCH3 is 1. The summed E-state index contributed by atoms with van der Waals surface area (Å²) in [5, 5.41) is 2.51. The van der Waals surface area contributed by atoms with Gasteiger partial charge in [0, 0.05) is 5.56 Å². The number of benzene rings is 2. The molecule has 2 aromatic carbocycles. The molecule has 1 fully saturated rings. The Morgan fingerprint density at radius 1 is 1.03 bits per heavy atom. The quantitative estimate of drug-likeness (QED) is 0.715. The molecule has 5 nitrogen and oxygen atoms in total. The highest BCUT2D eigenvalue weighted by Gasteiger charge is 2.52. The molecule has 0 spiro atoms. The SMILES string of the molecule is COc1ccc(C(F)(F)F)cc1NC(=O)c1ccc(C)c(B2OC(C)(C)C(C)(C)O2)c1. The summed E-state index contributed by atoms with van der Waals surface area (Å²) in [5.74, 6) is -0.449. The van der Waals surface area contributed by atoms with Crippen molar-refractivity contribution in [3.8, 4) is 5.75 Å². The van der Waals surface area contributed by atoms with Crippen LogP contribution in [0.5, 0.6) is 5.75 Å². The molecule has 9 heteroatoms. The van der Waals surface area contributed by atoms with Crippen molar-refractivity contribution < 1.29 is 32.0 Å². The summed E-state index contributed by atoms with van der Waals surface area (Å²) >= 11 is 0.